The maximum atomic E-state index is 4.18. The summed E-state index contributed by atoms with van der Waals surface area (Å²) in [5, 5.41) is 16.6. The zero-order valence-electron chi connectivity index (χ0n) is 16.0. The third kappa shape index (κ3) is 20.3. The van der Waals surface area contributed by atoms with Crippen molar-refractivity contribution >= 4 is 0 Å². The molecule has 0 unspecified atom stereocenters. The molecular weight excluding hydrogens is 360 g/mol. The van der Waals surface area contributed by atoms with Gasteiger partial charge < -0.3 is 21.3 Å². The van der Waals surface area contributed by atoms with E-state index < -0.39 is 0 Å². The minimum absolute atomic E-state index is 0. The third-order valence-corrected chi connectivity index (χ3v) is 4.25. The number of hydrogen-bond donors (Lipinski definition) is 0. The van der Waals surface area contributed by atoms with Gasteiger partial charge in [-0.05, 0) is 0 Å². The van der Waals surface area contributed by atoms with Gasteiger partial charge in [-0.1, -0.05) is 70.3 Å². The van der Waals surface area contributed by atoms with Crippen molar-refractivity contribution in [1.82, 2.24) is 0 Å². The summed E-state index contributed by atoms with van der Waals surface area (Å²) in [6.07, 6.45) is 17.6. The van der Waals surface area contributed by atoms with Gasteiger partial charge in [-0.3, -0.25) is 0 Å². The minimum Gasteiger partial charge on any atom is -0.662 e. The molecule has 0 atom stereocenters. The Morgan fingerprint density at radius 3 is 0.880 bits per heavy atom. The van der Waals surface area contributed by atoms with Crippen molar-refractivity contribution in [2.75, 3.05) is 52.4 Å². The zero-order chi connectivity index (χ0) is 17.0. The Kier molecular flexibility index (Phi) is 22.2. The molecule has 0 bridgehead atoms. The molecule has 0 N–H and O–H groups in total. The Morgan fingerprint density at radius 1 is 0.400 bits per heavy atom. The summed E-state index contributed by atoms with van der Waals surface area (Å²) in [6.45, 7) is 8.73. The molecule has 0 spiro atoms. The second-order valence-corrected chi connectivity index (χ2v) is 6.58. The third-order valence-electron chi connectivity index (χ3n) is 4.25. The second kappa shape index (κ2) is 22.1. The summed E-state index contributed by atoms with van der Waals surface area (Å²) < 4.78 is 0. The van der Waals surface area contributed by atoms with Gasteiger partial charge >= 0.3 is 17.1 Å². The van der Waals surface area contributed by atoms with E-state index in [-0.39, 0.29) is 17.1 Å². The van der Waals surface area contributed by atoms with Crippen LogP contribution in [0.4, 0.5) is 0 Å². The van der Waals surface area contributed by atoms with Crippen LogP contribution < -0.4 is 0 Å². The van der Waals surface area contributed by atoms with Crippen molar-refractivity contribution in [3.05, 3.63) is 33.4 Å². The first kappa shape index (κ1) is 25.1. The number of nitrogens with zero attached hydrogens (tertiary/aromatic N) is 4. The summed E-state index contributed by atoms with van der Waals surface area (Å²) in [6, 6.07) is 0. The molecule has 3 fully saturated rings. The minimum atomic E-state index is 0. The monoisotopic (exact) mass is 397 g/mol. The largest absolute Gasteiger partial charge is 1.00 e. The molecule has 4 heterocycles. The smallest absolute Gasteiger partial charge is 0.662 e. The molecule has 4 aliphatic rings. The fourth-order valence-electron chi connectivity index (χ4n) is 2.73. The molecule has 0 aliphatic carbocycles. The van der Waals surface area contributed by atoms with E-state index in [0.717, 1.165) is 58.8 Å². The molecule has 25 heavy (non-hydrogen) atoms. The quantitative estimate of drug-likeness (QED) is 0.358. The van der Waals surface area contributed by atoms with Crippen LogP contribution in [0.3, 0.4) is 0 Å². The predicted molar refractivity (Wildman–Crippen MR) is 108 cm³/mol. The van der Waals surface area contributed by atoms with Crippen LogP contribution >= 0.6 is 0 Å². The summed E-state index contributed by atoms with van der Waals surface area (Å²) in [5.41, 5.74) is 0. The average molecular weight is 398 g/mol. The summed E-state index contributed by atoms with van der Waals surface area (Å²) in [5.74, 6) is 0. The first-order valence-corrected chi connectivity index (χ1v) is 10.2. The van der Waals surface area contributed by atoms with Crippen LogP contribution in [0.15, 0.2) is 12.2 Å². The van der Waals surface area contributed by atoms with Gasteiger partial charge in [-0.15, -0.1) is 58.4 Å². The number of piperidine rings is 3. The van der Waals surface area contributed by atoms with Crippen molar-refractivity contribution in [3.63, 3.8) is 0 Å². The van der Waals surface area contributed by atoms with E-state index in [4.69, 9.17) is 0 Å². The van der Waals surface area contributed by atoms with E-state index in [0.29, 0.717) is 0 Å². The number of hydrogen-bond acceptors (Lipinski definition) is 0. The van der Waals surface area contributed by atoms with Gasteiger partial charge in [-0.2, -0.15) is 0 Å². The van der Waals surface area contributed by atoms with Crippen LogP contribution in [0.2, 0.25) is 0 Å². The van der Waals surface area contributed by atoms with Gasteiger partial charge in [0, 0.05) is 0 Å². The van der Waals surface area contributed by atoms with Gasteiger partial charge in [0.2, 0.25) is 0 Å². The SMILES string of the molecule is C1=CC[N-]CC1.C1CC[N-]CC1.C1CC[N-]CC1.C1CC[N-]CC1.[Cu+]. The predicted octanol–water partition coefficient (Wildman–Crippen LogP) is 5.95. The molecule has 0 aromatic rings. The molecule has 0 saturated carbocycles. The Bertz CT molecular complexity index is 191. The normalized spacial score (nSPS) is 22.4. The van der Waals surface area contributed by atoms with Crippen LogP contribution in [0.1, 0.15) is 64.2 Å². The Morgan fingerprint density at radius 2 is 0.800 bits per heavy atom. The molecule has 0 aromatic carbocycles. The van der Waals surface area contributed by atoms with Crippen molar-refractivity contribution in [1.29, 1.82) is 0 Å². The topological polar surface area (TPSA) is 56.4 Å². The first-order valence-electron chi connectivity index (χ1n) is 10.2. The maximum absolute atomic E-state index is 4.18. The molecule has 0 aromatic heterocycles. The fraction of sp³-hybridized carbons (Fsp3) is 0.900. The van der Waals surface area contributed by atoms with Crippen molar-refractivity contribution in [2.24, 2.45) is 0 Å². The molecule has 152 valence electrons. The van der Waals surface area contributed by atoms with E-state index >= 15 is 0 Å². The Balaban J connectivity index is 0.000000303. The van der Waals surface area contributed by atoms with Gasteiger partial charge in [0.1, 0.15) is 0 Å². The van der Waals surface area contributed by atoms with Crippen LogP contribution in [0.25, 0.3) is 21.3 Å². The molecule has 5 heteroatoms. The molecule has 0 radical (unpaired) electrons. The van der Waals surface area contributed by atoms with Gasteiger partial charge in [-0.25, -0.2) is 0 Å². The molecular formula is C20H38CuN4-3. The van der Waals surface area contributed by atoms with Crippen LogP contribution in [0.5, 0.6) is 0 Å². The summed E-state index contributed by atoms with van der Waals surface area (Å²) in [4.78, 5) is 0. The van der Waals surface area contributed by atoms with E-state index in [1.54, 1.807) is 0 Å². The Labute approximate surface area is 167 Å². The average Bonchev–Trinajstić information content (AvgIpc) is 2.75. The van der Waals surface area contributed by atoms with E-state index in [9.17, 15) is 0 Å². The zero-order valence-corrected chi connectivity index (χ0v) is 16.9. The van der Waals surface area contributed by atoms with Crippen LogP contribution in [-0.2, 0) is 17.1 Å². The molecule has 4 rings (SSSR count). The molecule has 3 saturated heterocycles. The molecule has 4 aliphatic heterocycles. The van der Waals surface area contributed by atoms with E-state index in [2.05, 4.69) is 33.4 Å². The summed E-state index contributed by atoms with van der Waals surface area (Å²) in [7, 11) is 0. The number of rotatable bonds is 0. The van der Waals surface area contributed by atoms with Crippen molar-refractivity contribution in [2.45, 2.75) is 64.2 Å². The van der Waals surface area contributed by atoms with Crippen molar-refractivity contribution in [3.8, 4) is 0 Å². The molecule has 4 nitrogen and oxygen atoms in total. The van der Waals surface area contributed by atoms with Gasteiger partial charge in [0.05, 0.1) is 0 Å². The van der Waals surface area contributed by atoms with Crippen molar-refractivity contribution < 1.29 is 17.1 Å². The van der Waals surface area contributed by atoms with Gasteiger partial charge in [0.25, 0.3) is 0 Å². The maximum Gasteiger partial charge on any atom is 1.00 e. The fourth-order valence-corrected chi connectivity index (χ4v) is 2.73. The van der Waals surface area contributed by atoms with Gasteiger partial charge in [0.15, 0.2) is 0 Å². The van der Waals surface area contributed by atoms with E-state index in [1.807, 2.05) is 0 Å². The van der Waals surface area contributed by atoms with Crippen LogP contribution in [-0.4, -0.2) is 52.4 Å². The standard InChI is InChI=1S/3C5H10N.C5H8N.Cu/c4*1-2-4-6-5-3-1;/h3*1-5H2;1-2H,3-5H2;/q4*-1;+1. The van der Waals surface area contributed by atoms with E-state index in [1.165, 1.54) is 57.8 Å². The Hall–Kier alpha value is 0.0995. The van der Waals surface area contributed by atoms with Crippen LogP contribution in [0, 0.1) is 0 Å². The first-order chi connectivity index (χ1) is 12.0. The summed E-state index contributed by atoms with van der Waals surface area (Å²) >= 11 is 0. The second-order valence-electron chi connectivity index (χ2n) is 6.58. The molecule has 0 amide bonds.